The Morgan fingerprint density at radius 1 is 0.963 bits per heavy atom. The Hall–Kier alpha value is -3.27. The Balaban J connectivity index is 1.52. The second kappa shape index (κ2) is 7.16. The summed E-state index contributed by atoms with van der Waals surface area (Å²) in [6.45, 7) is 3.19. The number of methoxy groups -OCH3 is 1. The molecule has 0 saturated carbocycles. The van der Waals surface area contributed by atoms with Crippen molar-refractivity contribution < 1.29 is 14.3 Å². The Bertz CT molecular complexity index is 996. The molecule has 3 aromatic carbocycles. The fourth-order valence-electron chi connectivity index (χ4n) is 3.49. The number of amides is 1. The largest absolute Gasteiger partial charge is 0.493 e. The molecule has 1 amide bonds. The zero-order chi connectivity index (χ0) is 18.8. The van der Waals surface area contributed by atoms with Gasteiger partial charge in [0.05, 0.1) is 7.11 Å². The zero-order valence-corrected chi connectivity index (χ0v) is 15.4. The van der Waals surface area contributed by atoms with Crippen molar-refractivity contribution in [3.63, 3.8) is 0 Å². The zero-order valence-electron chi connectivity index (χ0n) is 15.4. The number of fused-ring (bicyclic) bond motifs is 1. The summed E-state index contributed by atoms with van der Waals surface area (Å²) in [4.78, 5) is 14.6. The number of benzene rings is 3. The molecule has 0 spiro atoms. The predicted molar refractivity (Wildman–Crippen MR) is 104 cm³/mol. The standard InChI is InChI=1S/C23H21NO3/c1-16-7-5-9-18-15-24(23(25)22(16)18)14-17-8-6-10-19(13-17)27-21-12-4-3-11-20(21)26-2/h3-13H,14-15H2,1-2H3. The summed E-state index contributed by atoms with van der Waals surface area (Å²) in [6, 6.07) is 21.4. The molecule has 4 rings (SSSR count). The van der Waals surface area contributed by atoms with Crippen molar-refractivity contribution in [1.82, 2.24) is 4.90 Å². The number of hydrogen-bond acceptors (Lipinski definition) is 3. The van der Waals surface area contributed by atoms with Crippen LogP contribution >= 0.6 is 0 Å². The molecule has 0 aromatic heterocycles. The van der Waals surface area contributed by atoms with Gasteiger partial charge in [0.2, 0.25) is 0 Å². The molecule has 0 bridgehead atoms. The van der Waals surface area contributed by atoms with Gasteiger partial charge in [-0.2, -0.15) is 0 Å². The van der Waals surface area contributed by atoms with Crippen molar-refractivity contribution in [3.05, 3.63) is 89.0 Å². The van der Waals surface area contributed by atoms with E-state index in [2.05, 4.69) is 0 Å². The highest BCUT2D eigenvalue weighted by Crippen LogP contribution is 2.32. The third-order valence-corrected chi connectivity index (χ3v) is 4.79. The minimum Gasteiger partial charge on any atom is -0.493 e. The molecule has 0 unspecified atom stereocenters. The normalized spacial score (nSPS) is 12.8. The molecule has 3 aromatic rings. The minimum absolute atomic E-state index is 0.0964. The molecule has 1 aliphatic rings. The van der Waals surface area contributed by atoms with Crippen molar-refractivity contribution in [2.45, 2.75) is 20.0 Å². The quantitative estimate of drug-likeness (QED) is 0.647. The minimum atomic E-state index is 0.0964. The van der Waals surface area contributed by atoms with Crippen LogP contribution in [0.4, 0.5) is 0 Å². The van der Waals surface area contributed by atoms with Crippen LogP contribution in [0.5, 0.6) is 17.2 Å². The van der Waals surface area contributed by atoms with Gasteiger partial charge in [-0.3, -0.25) is 4.79 Å². The number of aryl methyl sites for hydroxylation is 1. The highest BCUT2D eigenvalue weighted by molar-refractivity contribution is 5.99. The average molecular weight is 359 g/mol. The van der Waals surface area contributed by atoms with Crippen molar-refractivity contribution in [2.75, 3.05) is 7.11 Å². The van der Waals surface area contributed by atoms with E-state index in [1.165, 1.54) is 0 Å². The van der Waals surface area contributed by atoms with Crippen molar-refractivity contribution in [1.29, 1.82) is 0 Å². The van der Waals surface area contributed by atoms with E-state index in [0.717, 1.165) is 28.0 Å². The van der Waals surface area contributed by atoms with Crippen LogP contribution in [0.3, 0.4) is 0 Å². The van der Waals surface area contributed by atoms with E-state index in [-0.39, 0.29) is 5.91 Å². The number of ether oxygens (including phenoxy) is 2. The van der Waals surface area contributed by atoms with E-state index < -0.39 is 0 Å². The third kappa shape index (κ3) is 3.38. The Kier molecular flexibility index (Phi) is 4.55. The lowest BCUT2D eigenvalue weighted by Crippen LogP contribution is -2.23. The molecule has 4 nitrogen and oxygen atoms in total. The van der Waals surface area contributed by atoms with Crippen LogP contribution in [0.15, 0.2) is 66.7 Å². The third-order valence-electron chi connectivity index (χ3n) is 4.79. The van der Waals surface area contributed by atoms with Crippen molar-refractivity contribution >= 4 is 5.91 Å². The van der Waals surface area contributed by atoms with Crippen LogP contribution in [0.1, 0.15) is 27.0 Å². The maximum atomic E-state index is 12.8. The summed E-state index contributed by atoms with van der Waals surface area (Å²) in [5.74, 6) is 2.16. The molecule has 0 aliphatic carbocycles. The average Bonchev–Trinajstić information content (AvgIpc) is 2.99. The van der Waals surface area contributed by atoms with E-state index in [4.69, 9.17) is 9.47 Å². The highest BCUT2D eigenvalue weighted by Gasteiger charge is 2.28. The molecular formula is C23H21NO3. The first-order chi connectivity index (χ1) is 13.2. The van der Waals surface area contributed by atoms with E-state index >= 15 is 0 Å². The van der Waals surface area contributed by atoms with E-state index in [9.17, 15) is 4.79 Å². The molecule has 0 N–H and O–H groups in total. The van der Waals surface area contributed by atoms with E-state index in [1.54, 1.807) is 7.11 Å². The smallest absolute Gasteiger partial charge is 0.255 e. The number of rotatable bonds is 5. The van der Waals surface area contributed by atoms with Gasteiger partial charge in [-0.25, -0.2) is 0 Å². The van der Waals surface area contributed by atoms with Crippen molar-refractivity contribution in [2.24, 2.45) is 0 Å². The number of para-hydroxylation sites is 2. The van der Waals surface area contributed by atoms with E-state index in [1.807, 2.05) is 78.6 Å². The molecule has 0 atom stereocenters. The van der Waals surface area contributed by atoms with Crippen molar-refractivity contribution in [3.8, 4) is 17.2 Å². The second-order valence-corrected chi connectivity index (χ2v) is 6.67. The van der Waals surface area contributed by atoms with Gasteiger partial charge >= 0.3 is 0 Å². The maximum absolute atomic E-state index is 12.8. The van der Waals surface area contributed by atoms with Gasteiger partial charge in [-0.1, -0.05) is 42.5 Å². The maximum Gasteiger partial charge on any atom is 0.255 e. The van der Waals surface area contributed by atoms with Gasteiger partial charge < -0.3 is 14.4 Å². The summed E-state index contributed by atoms with van der Waals surface area (Å²) < 4.78 is 11.3. The summed E-state index contributed by atoms with van der Waals surface area (Å²) in [5, 5.41) is 0. The van der Waals surface area contributed by atoms with Gasteiger partial charge in [0, 0.05) is 18.7 Å². The van der Waals surface area contributed by atoms with Crippen LogP contribution in [-0.2, 0) is 13.1 Å². The lowest BCUT2D eigenvalue weighted by Gasteiger charge is -2.17. The van der Waals surface area contributed by atoms with Gasteiger partial charge in [0.25, 0.3) is 5.91 Å². The Labute approximate surface area is 159 Å². The summed E-state index contributed by atoms with van der Waals surface area (Å²) in [5.41, 5.74) is 4.01. The lowest BCUT2D eigenvalue weighted by atomic mass is 10.0. The molecule has 1 aliphatic heterocycles. The summed E-state index contributed by atoms with van der Waals surface area (Å²) >= 11 is 0. The van der Waals surface area contributed by atoms with Gasteiger partial charge in [0.15, 0.2) is 11.5 Å². The molecule has 136 valence electrons. The first-order valence-electron chi connectivity index (χ1n) is 8.93. The summed E-state index contributed by atoms with van der Waals surface area (Å²) in [7, 11) is 1.62. The topological polar surface area (TPSA) is 38.8 Å². The first-order valence-corrected chi connectivity index (χ1v) is 8.93. The SMILES string of the molecule is COc1ccccc1Oc1cccc(CN2Cc3cccc(C)c3C2=O)c1. The van der Waals surface area contributed by atoms with Gasteiger partial charge in [0.1, 0.15) is 5.75 Å². The van der Waals surface area contributed by atoms with E-state index in [0.29, 0.717) is 24.6 Å². The predicted octanol–water partition coefficient (Wildman–Crippen LogP) is 4.95. The van der Waals surface area contributed by atoms with Crippen LogP contribution in [-0.4, -0.2) is 17.9 Å². The Morgan fingerprint density at radius 2 is 1.74 bits per heavy atom. The second-order valence-electron chi connectivity index (χ2n) is 6.67. The van der Waals surface area contributed by atoms with Gasteiger partial charge in [-0.15, -0.1) is 0 Å². The van der Waals surface area contributed by atoms with Crippen LogP contribution in [0.25, 0.3) is 0 Å². The molecule has 0 radical (unpaired) electrons. The summed E-state index contributed by atoms with van der Waals surface area (Å²) in [6.07, 6.45) is 0. The lowest BCUT2D eigenvalue weighted by molar-refractivity contribution is 0.0766. The van der Waals surface area contributed by atoms with Crippen LogP contribution in [0.2, 0.25) is 0 Å². The molecule has 4 heteroatoms. The molecule has 27 heavy (non-hydrogen) atoms. The fraction of sp³-hybridized carbons (Fsp3) is 0.174. The Morgan fingerprint density at radius 3 is 2.52 bits per heavy atom. The number of carbonyl (C=O) groups is 1. The van der Waals surface area contributed by atoms with Crippen LogP contribution < -0.4 is 9.47 Å². The highest BCUT2D eigenvalue weighted by atomic mass is 16.5. The van der Waals surface area contributed by atoms with Gasteiger partial charge in [-0.05, 0) is 47.9 Å². The number of hydrogen-bond donors (Lipinski definition) is 0. The molecule has 0 fully saturated rings. The van der Waals surface area contributed by atoms with Crippen LogP contribution in [0, 0.1) is 6.92 Å². The molecular weight excluding hydrogens is 338 g/mol. The first kappa shape index (κ1) is 17.2. The molecule has 0 saturated heterocycles. The number of carbonyl (C=O) groups excluding carboxylic acids is 1. The number of nitrogens with zero attached hydrogens (tertiary/aromatic N) is 1. The molecule has 1 heterocycles. The fourth-order valence-corrected chi connectivity index (χ4v) is 3.49. The monoisotopic (exact) mass is 359 g/mol.